The molecule has 5 nitrogen and oxygen atoms in total. The molecule has 1 saturated carbocycles. The largest absolute Gasteiger partial charge is 0.378 e. The van der Waals surface area contributed by atoms with Gasteiger partial charge in [0.25, 0.3) is 0 Å². The first kappa shape index (κ1) is 14.8. The zero-order valence-electron chi connectivity index (χ0n) is 12.1. The molecule has 110 valence electrons. The van der Waals surface area contributed by atoms with Gasteiger partial charge in [-0.2, -0.15) is 0 Å². The van der Waals surface area contributed by atoms with Gasteiger partial charge in [0, 0.05) is 39.8 Å². The Kier molecular flexibility index (Phi) is 5.19. The van der Waals surface area contributed by atoms with E-state index < -0.39 is 0 Å². The Labute approximate surface area is 116 Å². The highest BCUT2D eigenvalue weighted by molar-refractivity contribution is 5.77. The number of ether oxygens (including phenoxy) is 1. The highest BCUT2D eigenvalue weighted by atomic mass is 16.5. The van der Waals surface area contributed by atoms with Gasteiger partial charge in [0.1, 0.15) is 0 Å². The van der Waals surface area contributed by atoms with Gasteiger partial charge in [-0.15, -0.1) is 0 Å². The summed E-state index contributed by atoms with van der Waals surface area (Å²) in [6, 6.07) is 0. The molecule has 0 aromatic heterocycles. The van der Waals surface area contributed by atoms with Gasteiger partial charge >= 0.3 is 0 Å². The van der Waals surface area contributed by atoms with Gasteiger partial charge in [0.2, 0.25) is 5.91 Å². The molecule has 2 N–H and O–H groups in total. The van der Waals surface area contributed by atoms with E-state index in [-0.39, 0.29) is 11.5 Å². The molecule has 1 aliphatic heterocycles. The summed E-state index contributed by atoms with van der Waals surface area (Å²) in [5, 5.41) is 0. The van der Waals surface area contributed by atoms with Crippen molar-refractivity contribution in [3.8, 4) is 0 Å². The number of rotatable bonds is 5. The zero-order valence-corrected chi connectivity index (χ0v) is 12.1. The van der Waals surface area contributed by atoms with Gasteiger partial charge < -0.3 is 20.3 Å². The van der Waals surface area contributed by atoms with E-state index in [0.717, 1.165) is 52.0 Å². The quantitative estimate of drug-likeness (QED) is 0.787. The molecule has 1 amide bonds. The van der Waals surface area contributed by atoms with E-state index >= 15 is 0 Å². The molecule has 2 rings (SSSR count). The molecule has 5 heteroatoms. The number of hydrogen-bond acceptors (Lipinski definition) is 4. The predicted molar refractivity (Wildman–Crippen MR) is 74.9 cm³/mol. The van der Waals surface area contributed by atoms with Gasteiger partial charge in [0.15, 0.2) is 0 Å². The van der Waals surface area contributed by atoms with E-state index in [9.17, 15) is 4.79 Å². The monoisotopic (exact) mass is 269 g/mol. The highest BCUT2D eigenvalue weighted by Crippen LogP contribution is 2.38. The predicted octanol–water partition coefficient (Wildman–Crippen LogP) is 0.439. The summed E-state index contributed by atoms with van der Waals surface area (Å²) < 4.78 is 5.55. The van der Waals surface area contributed by atoms with Crippen LogP contribution in [0, 0.1) is 0 Å². The van der Waals surface area contributed by atoms with Crippen molar-refractivity contribution in [2.45, 2.75) is 37.7 Å². The Morgan fingerprint density at radius 3 is 2.58 bits per heavy atom. The molecule has 1 aliphatic carbocycles. The van der Waals surface area contributed by atoms with Crippen LogP contribution in [0.15, 0.2) is 0 Å². The molecular formula is C14H27N3O2. The number of hydrogen-bond donors (Lipinski definition) is 1. The molecule has 0 spiro atoms. The topological polar surface area (TPSA) is 58.8 Å². The van der Waals surface area contributed by atoms with Gasteiger partial charge in [0.05, 0.1) is 12.0 Å². The van der Waals surface area contributed by atoms with E-state index in [1.54, 1.807) is 7.11 Å². The fourth-order valence-electron chi connectivity index (χ4n) is 3.04. The maximum absolute atomic E-state index is 12.4. The lowest BCUT2D eigenvalue weighted by atomic mass is 9.77. The van der Waals surface area contributed by atoms with Crippen molar-refractivity contribution in [2.24, 2.45) is 5.73 Å². The number of carbonyl (C=O) groups excluding carboxylic acids is 1. The lowest BCUT2D eigenvalue weighted by molar-refractivity contribution is -0.144. The second-order valence-electron chi connectivity index (χ2n) is 5.78. The first-order chi connectivity index (χ1) is 9.19. The van der Waals surface area contributed by atoms with Crippen molar-refractivity contribution < 1.29 is 9.53 Å². The standard InChI is InChI=1S/C14H27N3O2/c1-19-14(4-2-5-14)12-13(18)17-8-3-7-16(9-6-15)10-11-17/h2-12,15H2,1H3. The molecule has 1 heterocycles. The first-order valence-electron chi connectivity index (χ1n) is 7.44. The zero-order chi connectivity index (χ0) is 13.7. The molecule has 0 atom stereocenters. The number of amides is 1. The van der Waals surface area contributed by atoms with Crippen molar-refractivity contribution in [3.63, 3.8) is 0 Å². The Balaban J connectivity index is 1.82. The van der Waals surface area contributed by atoms with E-state index in [1.165, 1.54) is 6.42 Å². The Morgan fingerprint density at radius 1 is 1.21 bits per heavy atom. The molecule has 0 radical (unpaired) electrons. The second-order valence-corrected chi connectivity index (χ2v) is 5.78. The molecule has 0 bridgehead atoms. The maximum Gasteiger partial charge on any atom is 0.225 e. The average Bonchev–Trinajstić information content (AvgIpc) is 2.60. The minimum Gasteiger partial charge on any atom is -0.378 e. The van der Waals surface area contributed by atoms with Gasteiger partial charge in [-0.3, -0.25) is 4.79 Å². The van der Waals surface area contributed by atoms with Crippen LogP contribution in [-0.2, 0) is 9.53 Å². The van der Waals surface area contributed by atoms with E-state index in [4.69, 9.17) is 10.5 Å². The third-order valence-electron chi connectivity index (χ3n) is 4.56. The summed E-state index contributed by atoms with van der Waals surface area (Å²) in [5.74, 6) is 0.260. The van der Waals surface area contributed by atoms with E-state index in [1.807, 2.05) is 4.90 Å². The summed E-state index contributed by atoms with van der Waals surface area (Å²) in [6.07, 6.45) is 4.85. The van der Waals surface area contributed by atoms with Crippen LogP contribution in [0.4, 0.5) is 0 Å². The average molecular weight is 269 g/mol. The summed E-state index contributed by atoms with van der Waals surface area (Å²) >= 11 is 0. The fourth-order valence-corrected chi connectivity index (χ4v) is 3.04. The molecule has 2 fully saturated rings. The maximum atomic E-state index is 12.4. The van der Waals surface area contributed by atoms with Crippen molar-refractivity contribution in [3.05, 3.63) is 0 Å². The third-order valence-corrected chi connectivity index (χ3v) is 4.56. The SMILES string of the molecule is COC1(CC(=O)N2CCCN(CCN)CC2)CCC1. The Bertz CT molecular complexity index is 300. The highest BCUT2D eigenvalue weighted by Gasteiger charge is 2.40. The smallest absolute Gasteiger partial charge is 0.225 e. The van der Waals surface area contributed by atoms with Crippen LogP contribution in [0.5, 0.6) is 0 Å². The second kappa shape index (κ2) is 6.68. The van der Waals surface area contributed by atoms with Crippen molar-refractivity contribution in [1.82, 2.24) is 9.80 Å². The summed E-state index contributed by atoms with van der Waals surface area (Å²) in [7, 11) is 1.73. The van der Waals surface area contributed by atoms with E-state index in [2.05, 4.69) is 4.90 Å². The first-order valence-corrected chi connectivity index (χ1v) is 7.44. The minimum absolute atomic E-state index is 0.152. The van der Waals surface area contributed by atoms with Crippen LogP contribution < -0.4 is 5.73 Å². The molecule has 0 unspecified atom stereocenters. The van der Waals surface area contributed by atoms with Crippen LogP contribution in [-0.4, -0.2) is 67.7 Å². The number of carbonyl (C=O) groups is 1. The minimum atomic E-state index is -0.152. The summed E-state index contributed by atoms with van der Waals surface area (Å²) in [4.78, 5) is 16.7. The van der Waals surface area contributed by atoms with Crippen molar-refractivity contribution in [2.75, 3.05) is 46.4 Å². The molecule has 2 aliphatic rings. The molecule has 0 aromatic carbocycles. The lowest BCUT2D eigenvalue weighted by Gasteiger charge is -2.41. The number of nitrogens with zero attached hydrogens (tertiary/aromatic N) is 2. The van der Waals surface area contributed by atoms with Crippen LogP contribution in [0.2, 0.25) is 0 Å². The number of methoxy groups -OCH3 is 1. The van der Waals surface area contributed by atoms with Crippen LogP contribution in [0.25, 0.3) is 0 Å². The third kappa shape index (κ3) is 3.68. The summed E-state index contributed by atoms with van der Waals surface area (Å²) in [5.41, 5.74) is 5.44. The van der Waals surface area contributed by atoms with Crippen molar-refractivity contribution >= 4 is 5.91 Å². The van der Waals surface area contributed by atoms with Crippen molar-refractivity contribution in [1.29, 1.82) is 0 Å². The van der Waals surface area contributed by atoms with Gasteiger partial charge in [-0.05, 0) is 32.2 Å². The van der Waals surface area contributed by atoms with Gasteiger partial charge in [-0.1, -0.05) is 0 Å². The molecule has 0 aromatic rings. The van der Waals surface area contributed by atoms with E-state index in [0.29, 0.717) is 13.0 Å². The normalized spacial score (nSPS) is 23.8. The van der Waals surface area contributed by atoms with Gasteiger partial charge in [-0.25, -0.2) is 0 Å². The lowest BCUT2D eigenvalue weighted by Crippen LogP contribution is -2.46. The van der Waals surface area contributed by atoms with Crippen LogP contribution in [0.3, 0.4) is 0 Å². The Morgan fingerprint density at radius 2 is 2.00 bits per heavy atom. The fraction of sp³-hybridized carbons (Fsp3) is 0.929. The molecule has 19 heavy (non-hydrogen) atoms. The number of nitrogens with two attached hydrogens (primary N) is 1. The summed E-state index contributed by atoms with van der Waals surface area (Å²) in [6.45, 7) is 5.34. The Hall–Kier alpha value is -0.650. The van der Waals surface area contributed by atoms with Crippen LogP contribution in [0.1, 0.15) is 32.1 Å². The van der Waals surface area contributed by atoms with Crippen LogP contribution >= 0.6 is 0 Å². The molecule has 1 saturated heterocycles. The molecular weight excluding hydrogens is 242 g/mol.